The predicted octanol–water partition coefficient (Wildman–Crippen LogP) is 8.72. The summed E-state index contributed by atoms with van der Waals surface area (Å²) in [4.78, 5) is 58.8. The van der Waals surface area contributed by atoms with Crippen LogP contribution in [0.15, 0.2) is 112 Å². The van der Waals surface area contributed by atoms with Crippen LogP contribution in [0.4, 0.5) is 0 Å². The molecule has 0 fully saturated rings. The third-order valence-electron chi connectivity index (χ3n) is 7.56. The van der Waals surface area contributed by atoms with Crippen LogP contribution < -0.4 is 0 Å². The molecule has 0 aromatic carbocycles. The fourth-order valence-corrected chi connectivity index (χ4v) is 4.98. The molecule has 6 aromatic heterocycles. The van der Waals surface area contributed by atoms with E-state index in [1.807, 2.05) is 57.2 Å². The van der Waals surface area contributed by atoms with Crippen molar-refractivity contribution in [2.24, 2.45) is 0 Å². The number of hydrogen-bond acceptors (Lipinski definition) is 9. The maximum absolute atomic E-state index is 11.1. The van der Waals surface area contributed by atoms with E-state index in [1.54, 1.807) is 73.6 Å². The van der Waals surface area contributed by atoms with Crippen LogP contribution in [0.5, 0.6) is 0 Å². The van der Waals surface area contributed by atoms with Gasteiger partial charge in [0.25, 0.3) is 0 Å². The van der Waals surface area contributed by atoms with E-state index < -0.39 is 0 Å². The molecule has 9 nitrogen and oxygen atoms in total. The summed E-state index contributed by atoms with van der Waals surface area (Å²) in [7, 11) is 0. The molecule has 10 heteroatoms. The minimum atomic E-state index is 0. The molecular weight excluding hydrogens is 738 g/mol. The topological polar surface area (TPSA) is 129 Å². The van der Waals surface area contributed by atoms with Crippen molar-refractivity contribution >= 4 is 37.1 Å². The van der Waals surface area contributed by atoms with Gasteiger partial charge < -0.3 is 0 Å². The Morgan fingerprint density at radius 1 is 0.423 bits per heavy atom. The van der Waals surface area contributed by atoms with Crippen molar-refractivity contribution in [1.29, 1.82) is 0 Å². The summed E-state index contributed by atoms with van der Waals surface area (Å²) in [6.07, 6.45) is 17.4. The first-order valence-electron chi connectivity index (χ1n) is 15.8. The van der Waals surface area contributed by atoms with Crippen LogP contribution in [-0.2, 0) is 19.5 Å². The Bertz CT molecular complexity index is 1990. The summed E-state index contributed by atoms with van der Waals surface area (Å²) in [5, 5.41) is 0. The number of pyridine rings is 6. The summed E-state index contributed by atoms with van der Waals surface area (Å²) >= 11 is 0. The molecule has 0 spiro atoms. The second-order valence-electron chi connectivity index (χ2n) is 11.1. The first-order valence-corrected chi connectivity index (χ1v) is 15.8. The zero-order valence-electron chi connectivity index (χ0n) is 29.0. The quantitative estimate of drug-likeness (QED) is 0.105. The molecule has 0 aliphatic carbocycles. The molecule has 0 saturated heterocycles. The van der Waals surface area contributed by atoms with E-state index in [0.717, 1.165) is 52.2 Å². The summed E-state index contributed by atoms with van der Waals surface area (Å²) < 4.78 is 0. The average molecular weight is 774 g/mol. The van der Waals surface area contributed by atoms with Crippen molar-refractivity contribution in [2.45, 2.75) is 20.8 Å². The van der Waals surface area contributed by atoms with Gasteiger partial charge in [0.05, 0.1) is 34.2 Å². The van der Waals surface area contributed by atoms with E-state index in [1.165, 1.54) is 0 Å². The predicted molar refractivity (Wildman–Crippen MR) is 203 cm³/mol. The van der Waals surface area contributed by atoms with Crippen LogP contribution in [0.1, 0.15) is 64.5 Å². The molecular formula is C42H36N6O3Ru+2. The van der Waals surface area contributed by atoms with Gasteiger partial charge in [0.1, 0.15) is 0 Å². The zero-order chi connectivity index (χ0) is 36.8. The number of aldehydes is 3. The Balaban J connectivity index is 0.000000208. The fourth-order valence-electron chi connectivity index (χ4n) is 4.98. The molecule has 0 atom stereocenters. The van der Waals surface area contributed by atoms with E-state index in [4.69, 9.17) is 0 Å². The van der Waals surface area contributed by atoms with Gasteiger partial charge in [-0.25, -0.2) is 0 Å². The molecule has 0 bridgehead atoms. The summed E-state index contributed by atoms with van der Waals surface area (Å²) in [5.41, 5.74) is 11.1. The van der Waals surface area contributed by atoms with Crippen LogP contribution in [0, 0.1) is 20.8 Å². The van der Waals surface area contributed by atoms with Gasteiger partial charge in [-0.05, 0) is 109 Å². The van der Waals surface area contributed by atoms with Crippen molar-refractivity contribution in [2.75, 3.05) is 0 Å². The first-order chi connectivity index (χ1) is 24.8. The van der Waals surface area contributed by atoms with Crippen molar-refractivity contribution in [3.63, 3.8) is 0 Å². The number of carbonyl (C=O) groups excluding carboxylic acids is 3. The van der Waals surface area contributed by atoms with Gasteiger partial charge in [-0.15, -0.1) is 0 Å². The van der Waals surface area contributed by atoms with E-state index in [-0.39, 0.29) is 19.5 Å². The molecule has 6 aromatic rings. The van der Waals surface area contributed by atoms with E-state index in [9.17, 15) is 14.4 Å². The Labute approximate surface area is 316 Å². The summed E-state index contributed by atoms with van der Waals surface area (Å²) in [5.74, 6) is 0. The van der Waals surface area contributed by atoms with Crippen molar-refractivity contribution < 1.29 is 33.9 Å². The van der Waals surface area contributed by atoms with Crippen LogP contribution in [0.3, 0.4) is 0 Å². The SMILES string of the molecule is C=Cc1ccnc(-c2cc(C)ccn2)c1C=O.C=Cc1ccnc(-c2cc(C)ccn2)c1C=O.C=Cc1ccnc(-c2cc(C)ccn2)c1C=O.[Ru+2]. The molecule has 6 rings (SSSR count). The molecule has 0 aliphatic heterocycles. The maximum atomic E-state index is 11.1. The second-order valence-corrected chi connectivity index (χ2v) is 11.1. The van der Waals surface area contributed by atoms with Crippen molar-refractivity contribution in [3.05, 3.63) is 162 Å². The third kappa shape index (κ3) is 9.93. The zero-order valence-corrected chi connectivity index (χ0v) is 30.7. The van der Waals surface area contributed by atoms with Gasteiger partial charge in [-0.1, -0.05) is 38.0 Å². The monoisotopic (exact) mass is 774 g/mol. The Hall–Kier alpha value is -6.25. The van der Waals surface area contributed by atoms with Crippen molar-refractivity contribution in [3.8, 4) is 34.2 Å². The number of aryl methyl sites for hydroxylation is 3. The van der Waals surface area contributed by atoms with Gasteiger partial charge in [0.2, 0.25) is 0 Å². The van der Waals surface area contributed by atoms with Gasteiger partial charge in [0.15, 0.2) is 18.9 Å². The largest absolute Gasteiger partial charge is 2.00 e. The van der Waals surface area contributed by atoms with Crippen LogP contribution in [0.2, 0.25) is 0 Å². The Kier molecular flexibility index (Phi) is 15.3. The number of rotatable bonds is 9. The van der Waals surface area contributed by atoms with Crippen molar-refractivity contribution in [1.82, 2.24) is 29.9 Å². The Morgan fingerprint density at radius 2 is 0.673 bits per heavy atom. The molecule has 6 heterocycles. The van der Waals surface area contributed by atoms with Gasteiger partial charge in [-0.2, -0.15) is 0 Å². The normalized spacial score (nSPS) is 9.75. The maximum Gasteiger partial charge on any atom is 2.00 e. The van der Waals surface area contributed by atoms with Gasteiger partial charge in [-0.3, -0.25) is 44.3 Å². The van der Waals surface area contributed by atoms with E-state index in [2.05, 4.69) is 49.6 Å². The molecule has 0 aliphatic rings. The molecule has 0 N–H and O–H groups in total. The molecule has 0 unspecified atom stereocenters. The van der Waals surface area contributed by atoms with Gasteiger partial charge in [0, 0.05) is 53.9 Å². The average Bonchev–Trinajstić information content (AvgIpc) is 3.17. The van der Waals surface area contributed by atoms with Crippen LogP contribution >= 0.6 is 0 Å². The molecule has 0 amide bonds. The summed E-state index contributed by atoms with van der Waals surface area (Å²) in [6.45, 7) is 17.0. The third-order valence-corrected chi connectivity index (χ3v) is 7.56. The number of nitrogens with zero attached hydrogens (tertiary/aromatic N) is 6. The second kappa shape index (κ2) is 19.8. The minimum Gasteiger partial charge on any atom is -0.298 e. The van der Waals surface area contributed by atoms with E-state index >= 15 is 0 Å². The fraction of sp³-hybridized carbons (Fsp3) is 0.0714. The minimum absolute atomic E-state index is 0. The Morgan fingerprint density at radius 3 is 0.885 bits per heavy atom. The molecule has 258 valence electrons. The number of hydrogen-bond donors (Lipinski definition) is 0. The summed E-state index contributed by atoms with van der Waals surface area (Å²) in [6, 6.07) is 16.7. The number of aromatic nitrogens is 6. The van der Waals surface area contributed by atoms with Gasteiger partial charge >= 0.3 is 19.5 Å². The molecule has 0 radical (unpaired) electrons. The first kappa shape index (κ1) is 40.2. The number of carbonyl (C=O) groups is 3. The standard InChI is InChI=1S/3C14H12N2O.Ru/c3*1-3-11-5-7-16-14(12(11)9-17)13-8-10(2)4-6-15-13;/h3*3-9H,1H2,2H3;/q;;;+2. The van der Waals surface area contributed by atoms with Crippen LogP contribution in [-0.4, -0.2) is 48.8 Å². The molecule has 0 saturated carbocycles. The smallest absolute Gasteiger partial charge is 0.298 e. The van der Waals surface area contributed by atoms with Crippen LogP contribution in [0.25, 0.3) is 52.4 Å². The molecule has 52 heavy (non-hydrogen) atoms. The van der Waals surface area contributed by atoms with E-state index in [0.29, 0.717) is 50.9 Å².